The first-order valence-electron chi connectivity index (χ1n) is 5.78. The van der Waals surface area contributed by atoms with E-state index in [2.05, 4.69) is 10.3 Å². The van der Waals surface area contributed by atoms with Crippen LogP contribution in [0.4, 0.5) is 10.8 Å². The number of anilines is 2. The van der Waals surface area contributed by atoms with Crippen molar-refractivity contribution in [1.82, 2.24) is 4.98 Å². The molecule has 0 aliphatic heterocycles. The van der Waals surface area contributed by atoms with Crippen molar-refractivity contribution in [1.29, 1.82) is 0 Å². The normalized spacial score (nSPS) is 10.5. The average molecular weight is 345 g/mol. The van der Waals surface area contributed by atoms with Crippen LogP contribution in [0.3, 0.4) is 0 Å². The molecular weight excluding hydrogens is 335 g/mol. The largest absolute Gasteiger partial charge is 0.476 e. The lowest BCUT2D eigenvalue weighted by Gasteiger charge is -2.09. The summed E-state index contributed by atoms with van der Waals surface area (Å²) in [6.07, 6.45) is 0. The van der Waals surface area contributed by atoms with Gasteiger partial charge in [-0.1, -0.05) is 40.6 Å². The van der Waals surface area contributed by atoms with Crippen LogP contribution in [0.2, 0.25) is 10.0 Å². The summed E-state index contributed by atoms with van der Waals surface area (Å²) < 4.78 is 0. The molecule has 0 saturated heterocycles. The molecule has 0 bridgehead atoms. The van der Waals surface area contributed by atoms with Crippen LogP contribution in [0.1, 0.15) is 32.6 Å². The van der Waals surface area contributed by atoms with E-state index in [1.165, 1.54) is 6.92 Å². The molecule has 2 N–H and O–H groups in total. The Hall–Kier alpha value is -1.63. The maximum Gasteiger partial charge on any atom is 0.356 e. The van der Waals surface area contributed by atoms with Gasteiger partial charge in [-0.3, -0.25) is 4.79 Å². The molecule has 0 unspecified atom stereocenters. The number of carboxylic acids is 1. The Kier molecular flexibility index (Phi) is 4.51. The topological polar surface area (TPSA) is 79.3 Å². The van der Waals surface area contributed by atoms with E-state index in [4.69, 9.17) is 28.3 Å². The fourth-order valence-corrected chi connectivity index (χ4v) is 2.96. The number of benzene rings is 1. The zero-order chi connectivity index (χ0) is 15.7. The van der Waals surface area contributed by atoms with Crippen LogP contribution in [-0.2, 0) is 0 Å². The van der Waals surface area contributed by atoms with Crippen molar-refractivity contribution in [3.8, 4) is 0 Å². The number of ketones is 1. The fraction of sp³-hybridized carbons (Fsp3) is 0.154. The number of carbonyl (C=O) groups excluding carboxylic acids is 1. The lowest BCUT2D eigenvalue weighted by Crippen LogP contribution is -2.03. The number of hydrogen-bond donors (Lipinski definition) is 2. The van der Waals surface area contributed by atoms with E-state index in [1.807, 2.05) is 6.92 Å². The fourth-order valence-electron chi connectivity index (χ4n) is 1.64. The van der Waals surface area contributed by atoms with Gasteiger partial charge >= 0.3 is 5.97 Å². The lowest BCUT2D eigenvalue weighted by molar-refractivity contribution is 0.0687. The zero-order valence-corrected chi connectivity index (χ0v) is 13.4. The van der Waals surface area contributed by atoms with Crippen molar-refractivity contribution in [2.24, 2.45) is 0 Å². The first-order chi connectivity index (χ1) is 9.81. The van der Waals surface area contributed by atoms with Gasteiger partial charge in [-0.2, -0.15) is 0 Å². The van der Waals surface area contributed by atoms with Gasteiger partial charge in [0.15, 0.2) is 16.6 Å². The minimum Gasteiger partial charge on any atom is -0.476 e. The van der Waals surface area contributed by atoms with Crippen LogP contribution >= 0.6 is 34.5 Å². The van der Waals surface area contributed by atoms with E-state index in [0.29, 0.717) is 15.7 Å². The molecule has 0 spiro atoms. The van der Waals surface area contributed by atoms with Crippen LogP contribution in [0.15, 0.2) is 12.1 Å². The van der Waals surface area contributed by atoms with Crippen molar-refractivity contribution in [3.05, 3.63) is 38.3 Å². The lowest BCUT2D eigenvalue weighted by atomic mass is 10.2. The molecule has 8 heteroatoms. The molecule has 0 aliphatic rings. The number of aromatic carboxylic acids is 1. The molecule has 0 fully saturated rings. The van der Waals surface area contributed by atoms with Crippen molar-refractivity contribution in [2.45, 2.75) is 13.8 Å². The van der Waals surface area contributed by atoms with Gasteiger partial charge in [0.25, 0.3) is 0 Å². The summed E-state index contributed by atoms with van der Waals surface area (Å²) in [5, 5.41) is 13.0. The summed E-state index contributed by atoms with van der Waals surface area (Å²) in [4.78, 5) is 26.5. The van der Waals surface area contributed by atoms with Crippen LogP contribution in [-0.4, -0.2) is 21.8 Å². The van der Waals surface area contributed by atoms with Gasteiger partial charge in [-0.05, 0) is 18.6 Å². The second-order valence-corrected chi connectivity index (χ2v) is 6.02. The van der Waals surface area contributed by atoms with Crippen molar-refractivity contribution in [2.75, 3.05) is 5.32 Å². The number of rotatable bonds is 4. The number of Topliss-reactive ketones (excluding diaryl/α,β-unsaturated/α-hetero) is 1. The second kappa shape index (κ2) is 6.01. The van der Waals surface area contributed by atoms with E-state index < -0.39 is 5.97 Å². The van der Waals surface area contributed by atoms with Crippen LogP contribution in [0.5, 0.6) is 0 Å². The third-order valence-corrected chi connectivity index (χ3v) is 4.54. The summed E-state index contributed by atoms with van der Waals surface area (Å²) in [6, 6.07) is 3.43. The third kappa shape index (κ3) is 3.18. The molecule has 1 heterocycles. The summed E-state index contributed by atoms with van der Waals surface area (Å²) >= 11 is 13.2. The summed E-state index contributed by atoms with van der Waals surface area (Å²) in [6.45, 7) is 3.10. The van der Waals surface area contributed by atoms with E-state index in [-0.39, 0.29) is 21.5 Å². The number of carboxylic acid groups (broad SMARTS) is 1. The van der Waals surface area contributed by atoms with Crippen LogP contribution in [0, 0.1) is 6.92 Å². The molecule has 0 aliphatic carbocycles. The monoisotopic (exact) mass is 344 g/mol. The van der Waals surface area contributed by atoms with Gasteiger partial charge < -0.3 is 10.4 Å². The predicted molar refractivity (Wildman–Crippen MR) is 83.6 cm³/mol. The van der Waals surface area contributed by atoms with Crippen LogP contribution < -0.4 is 5.32 Å². The molecule has 1 aromatic heterocycles. The highest BCUT2D eigenvalue weighted by molar-refractivity contribution is 7.17. The Morgan fingerprint density at radius 2 is 2.00 bits per heavy atom. The quantitative estimate of drug-likeness (QED) is 0.803. The number of halogens is 2. The predicted octanol–water partition coefficient (Wildman–Crippen LogP) is 4.40. The van der Waals surface area contributed by atoms with E-state index in [9.17, 15) is 9.59 Å². The highest BCUT2D eigenvalue weighted by atomic mass is 35.5. The molecule has 21 heavy (non-hydrogen) atoms. The van der Waals surface area contributed by atoms with Gasteiger partial charge in [-0.25, -0.2) is 9.78 Å². The molecule has 2 rings (SSSR count). The maximum absolute atomic E-state index is 11.5. The molecule has 1 aromatic carbocycles. The average Bonchev–Trinajstić information content (AvgIpc) is 2.84. The van der Waals surface area contributed by atoms with Crippen molar-refractivity contribution >= 4 is 57.1 Å². The number of thiazole rings is 1. The zero-order valence-electron chi connectivity index (χ0n) is 11.0. The SMILES string of the molecule is CC(=O)c1sc(Nc2c(Cl)ccc(C)c2Cl)nc1C(=O)O. The molecule has 2 aromatic rings. The highest BCUT2D eigenvalue weighted by Gasteiger charge is 2.21. The van der Waals surface area contributed by atoms with Gasteiger partial charge in [-0.15, -0.1) is 0 Å². The Balaban J connectivity index is 2.46. The number of nitrogens with one attached hydrogen (secondary N) is 1. The number of aryl methyl sites for hydroxylation is 1. The van der Waals surface area contributed by atoms with E-state index in [1.54, 1.807) is 12.1 Å². The second-order valence-electron chi connectivity index (χ2n) is 4.24. The summed E-state index contributed by atoms with van der Waals surface area (Å²) in [7, 11) is 0. The minimum absolute atomic E-state index is 0.0740. The van der Waals surface area contributed by atoms with Gasteiger partial charge in [0.1, 0.15) is 4.88 Å². The standard InChI is InChI=1S/C13H10Cl2N2O3S/c1-5-3-4-7(14)9(8(5)15)16-13-17-10(12(19)20)11(21-13)6(2)18/h3-4H,1-2H3,(H,16,17)(H,19,20). The maximum atomic E-state index is 11.5. The molecule has 0 atom stereocenters. The first-order valence-corrected chi connectivity index (χ1v) is 7.35. The third-order valence-electron chi connectivity index (χ3n) is 2.67. The Morgan fingerprint density at radius 1 is 1.33 bits per heavy atom. The van der Waals surface area contributed by atoms with Gasteiger partial charge in [0, 0.05) is 6.92 Å². The molecule has 0 amide bonds. The van der Waals surface area contributed by atoms with E-state index >= 15 is 0 Å². The highest BCUT2D eigenvalue weighted by Crippen LogP contribution is 2.36. The van der Waals surface area contributed by atoms with Crippen molar-refractivity contribution < 1.29 is 14.7 Å². The van der Waals surface area contributed by atoms with Crippen LogP contribution in [0.25, 0.3) is 0 Å². The molecule has 5 nitrogen and oxygen atoms in total. The van der Waals surface area contributed by atoms with Gasteiger partial charge in [0.05, 0.1) is 15.7 Å². The molecule has 0 radical (unpaired) electrons. The number of hydrogen-bond acceptors (Lipinski definition) is 5. The van der Waals surface area contributed by atoms with E-state index in [0.717, 1.165) is 16.9 Å². The number of carbonyl (C=O) groups is 2. The Labute approximate surface area is 134 Å². The first kappa shape index (κ1) is 15.8. The molecule has 0 saturated carbocycles. The summed E-state index contributed by atoms with van der Waals surface area (Å²) in [5.74, 6) is -1.62. The molecular formula is C13H10Cl2N2O3S. The Morgan fingerprint density at radius 3 is 2.52 bits per heavy atom. The van der Waals surface area contributed by atoms with Crippen molar-refractivity contribution in [3.63, 3.8) is 0 Å². The smallest absolute Gasteiger partial charge is 0.356 e. The summed E-state index contributed by atoms with van der Waals surface area (Å²) in [5.41, 5.74) is 0.958. The Bertz CT molecular complexity index is 712. The molecule has 110 valence electrons. The minimum atomic E-state index is -1.26. The number of nitrogens with zero attached hydrogens (tertiary/aromatic N) is 1. The number of aromatic nitrogens is 1. The van der Waals surface area contributed by atoms with Gasteiger partial charge in [0.2, 0.25) is 0 Å².